The maximum absolute atomic E-state index is 12.4. The lowest BCUT2D eigenvalue weighted by Gasteiger charge is -2.30. The number of aromatic nitrogens is 2. The van der Waals surface area contributed by atoms with Crippen LogP contribution in [0.4, 0.5) is 11.4 Å². The SMILES string of the molecule is Cc1nn(C)c(C)c1NC(=O)CN1CCSc2ccccc21. The molecule has 0 fully saturated rings. The van der Waals surface area contributed by atoms with Gasteiger partial charge in [-0.05, 0) is 26.0 Å². The van der Waals surface area contributed by atoms with Crippen molar-refractivity contribution in [2.24, 2.45) is 7.05 Å². The minimum Gasteiger partial charge on any atom is -0.360 e. The Morgan fingerprint density at radius 3 is 2.86 bits per heavy atom. The Kier molecular flexibility index (Phi) is 4.11. The van der Waals surface area contributed by atoms with E-state index in [0.717, 1.165) is 35.1 Å². The number of rotatable bonds is 3. The van der Waals surface area contributed by atoms with E-state index < -0.39 is 0 Å². The van der Waals surface area contributed by atoms with Crippen LogP contribution in [-0.2, 0) is 11.8 Å². The van der Waals surface area contributed by atoms with Crippen molar-refractivity contribution >= 4 is 29.0 Å². The van der Waals surface area contributed by atoms with Gasteiger partial charge in [-0.25, -0.2) is 0 Å². The summed E-state index contributed by atoms with van der Waals surface area (Å²) in [7, 11) is 1.89. The molecule has 0 aliphatic carbocycles. The van der Waals surface area contributed by atoms with Gasteiger partial charge in [0.1, 0.15) is 0 Å². The molecule has 1 aliphatic heterocycles. The van der Waals surface area contributed by atoms with E-state index in [-0.39, 0.29) is 5.91 Å². The Bertz CT molecular complexity index is 710. The van der Waals surface area contributed by atoms with Crippen molar-refractivity contribution in [1.82, 2.24) is 9.78 Å². The highest BCUT2D eigenvalue weighted by atomic mass is 32.2. The number of hydrogen-bond acceptors (Lipinski definition) is 4. The van der Waals surface area contributed by atoms with Crippen LogP contribution in [0.1, 0.15) is 11.4 Å². The molecule has 0 saturated carbocycles. The van der Waals surface area contributed by atoms with Gasteiger partial charge in [-0.15, -0.1) is 11.8 Å². The summed E-state index contributed by atoms with van der Waals surface area (Å²) in [6.45, 7) is 5.13. The molecule has 1 N–H and O–H groups in total. The van der Waals surface area contributed by atoms with Gasteiger partial charge in [-0.1, -0.05) is 12.1 Å². The first-order valence-corrected chi connectivity index (χ1v) is 8.31. The standard InChI is InChI=1S/C16H20N4OS/c1-11-16(12(2)19(3)18-11)17-15(21)10-20-8-9-22-14-7-5-4-6-13(14)20/h4-7H,8-10H2,1-3H3,(H,17,21). The van der Waals surface area contributed by atoms with Gasteiger partial charge in [0.25, 0.3) is 0 Å². The van der Waals surface area contributed by atoms with E-state index in [9.17, 15) is 4.79 Å². The second-order valence-electron chi connectivity index (χ2n) is 5.46. The van der Waals surface area contributed by atoms with Gasteiger partial charge in [0.15, 0.2) is 0 Å². The zero-order valence-corrected chi connectivity index (χ0v) is 13.9. The molecule has 0 unspecified atom stereocenters. The van der Waals surface area contributed by atoms with Crippen molar-refractivity contribution in [2.45, 2.75) is 18.7 Å². The number of benzene rings is 1. The molecule has 0 saturated heterocycles. The van der Waals surface area contributed by atoms with Crippen LogP contribution in [-0.4, -0.2) is 34.5 Å². The van der Waals surface area contributed by atoms with E-state index in [1.165, 1.54) is 4.90 Å². The van der Waals surface area contributed by atoms with E-state index in [0.29, 0.717) is 6.54 Å². The number of carbonyl (C=O) groups is 1. The van der Waals surface area contributed by atoms with E-state index in [1.54, 1.807) is 4.68 Å². The molecule has 6 heteroatoms. The van der Waals surface area contributed by atoms with Gasteiger partial charge >= 0.3 is 0 Å². The zero-order valence-electron chi connectivity index (χ0n) is 13.1. The second kappa shape index (κ2) is 6.04. The smallest absolute Gasteiger partial charge is 0.243 e. The number of nitrogens with zero attached hydrogens (tertiary/aromatic N) is 3. The summed E-state index contributed by atoms with van der Waals surface area (Å²) in [5, 5.41) is 7.34. The fourth-order valence-corrected chi connectivity index (χ4v) is 3.75. The molecular formula is C16H20N4OS. The van der Waals surface area contributed by atoms with Crippen molar-refractivity contribution < 1.29 is 4.79 Å². The van der Waals surface area contributed by atoms with Crippen LogP contribution in [0.25, 0.3) is 0 Å². The van der Waals surface area contributed by atoms with E-state index in [1.807, 2.05) is 44.8 Å². The summed E-state index contributed by atoms with van der Waals surface area (Å²) >= 11 is 1.85. The molecular weight excluding hydrogens is 296 g/mol. The number of nitrogens with one attached hydrogen (secondary N) is 1. The Balaban J connectivity index is 1.73. The van der Waals surface area contributed by atoms with Gasteiger partial charge in [0.2, 0.25) is 5.91 Å². The lowest BCUT2D eigenvalue weighted by atomic mass is 10.2. The molecule has 2 heterocycles. The minimum atomic E-state index is 0.000836. The molecule has 1 aromatic carbocycles. The van der Waals surface area contributed by atoms with E-state index in [4.69, 9.17) is 0 Å². The van der Waals surface area contributed by atoms with Crippen LogP contribution in [0.2, 0.25) is 0 Å². The van der Waals surface area contributed by atoms with E-state index in [2.05, 4.69) is 27.4 Å². The monoisotopic (exact) mass is 316 g/mol. The maximum atomic E-state index is 12.4. The quantitative estimate of drug-likeness (QED) is 0.945. The lowest BCUT2D eigenvalue weighted by Crippen LogP contribution is -2.36. The Hall–Kier alpha value is -1.95. The molecule has 0 bridgehead atoms. The first-order chi connectivity index (χ1) is 10.6. The van der Waals surface area contributed by atoms with Crippen molar-refractivity contribution in [3.63, 3.8) is 0 Å². The highest BCUT2D eigenvalue weighted by Gasteiger charge is 2.20. The van der Waals surface area contributed by atoms with Crippen LogP contribution < -0.4 is 10.2 Å². The van der Waals surface area contributed by atoms with Crippen LogP contribution in [0.15, 0.2) is 29.2 Å². The third-order valence-corrected chi connectivity index (χ3v) is 4.98. The lowest BCUT2D eigenvalue weighted by molar-refractivity contribution is -0.115. The minimum absolute atomic E-state index is 0.000836. The number of para-hydroxylation sites is 1. The average Bonchev–Trinajstić information content (AvgIpc) is 2.74. The largest absolute Gasteiger partial charge is 0.360 e. The molecule has 1 aliphatic rings. The second-order valence-corrected chi connectivity index (χ2v) is 6.59. The fraction of sp³-hybridized carbons (Fsp3) is 0.375. The van der Waals surface area contributed by atoms with Gasteiger partial charge in [-0.2, -0.15) is 5.10 Å². The summed E-state index contributed by atoms with van der Waals surface area (Å²) in [5.41, 5.74) is 3.80. The number of anilines is 2. The maximum Gasteiger partial charge on any atom is 0.243 e. The molecule has 22 heavy (non-hydrogen) atoms. The predicted molar refractivity (Wildman–Crippen MR) is 90.7 cm³/mol. The number of carbonyl (C=O) groups excluding carboxylic acids is 1. The van der Waals surface area contributed by atoms with Crippen molar-refractivity contribution in [3.8, 4) is 0 Å². The van der Waals surface area contributed by atoms with Crippen LogP contribution >= 0.6 is 11.8 Å². The van der Waals surface area contributed by atoms with Gasteiger partial charge in [-0.3, -0.25) is 9.48 Å². The third-order valence-electron chi connectivity index (χ3n) is 3.93. The van der Waals surface area contributed by atoms with Crippen LogP contribution in [0.5, 0.6) is 0 Å². The van der Waals surface area contributed by atoms with E-state index >= 15 is 0 Å². The van der Waals surface area contributed by atoms with Crippen LogP contribution in [0.3, 0.4) is 0 Å². The summed E-state index contributed by atoms with van der Waals surface area (Å²) in [6, 6.07) is 8.25. The first-order valence-electron chi connectivity index (χ1n) is 7.33. The summed E-state index contributed by atoms with van der Waals surface area (Å²) < 4.78 is 1.79. The van der Waals surface area contributed by atoms with Crippen molar-refractivity contribution in [3.05, 3.63) is 35.7 Å². The van der Waals surface area contributed by atoms with Crippen molar-refractivity contribution in [1.29, 1.82) is 0 Å². The number of hydrogen-bond donors (Lipinski definition) is 1. The normalized spacial score (nSPS) is 13.9. The Labute approximate surface area is 134 Å². The number of amides is 1. The first kappa shape index (κ1) is 15.0. The molecule has 0 spiro atoms. The molecule has 5 nitrogen and oxygen atoms in total. The van der Waals surface area contributed by atoms with Gasteiger partial charge in [0.05, 0.1) is 29.3 Å². The molecule has 116 valence electrons. The Morgan fingerprint density at radius 1 is 1.36 bits per heavy atom. The van der Waals surface area contributed by atoms with Crippen molar-refractivity contribution in [2.75, 3.05) is 29.1 Å². The third kappa shape index (κ3) is 2.83. The molecule has 3 rings (SSSR count). The number of fused-ring (bicyclic) bond motifs is 1. The highest BCUT2D eigenvalue weighted by molar-refractivity contribution is 7.99. The predicted octanol–water partition coefficient (Wildman–Crippen LogP) is 2.59. The van der Waals surface area contributed by atoms with Gasteiger partial charge < -0.3 is 10.2 Å². The fourth-order valence-electron chi connectivity index (χ4n) is 2.70. The number of aryl methyl sites for hydroxylation is 2. The topological polar surface area (TPSA) is 50.2 Å². The Morgan fingerprint density at radius 2 is 2.14 bits per heavy atom. The molecule has 1 aromatic heterocycles. The van der Waals surface area contributed by atoms with Crippen LogP contribution in [0, 0.1) is 13.8 Å². The van der Waals surface area contributed by atoms with Gasteiger partial charge in [0, 0.05) is 24.2 Å². The average molecular weight is 316 g/mol. The molecule has 0 radical (unpaired) electrons. The molecule has 1 amide bonds. The summed E-state index contributed by atoms with van der Waals surface area (Å²) in [4.78, 5) is 15.8. The summed E-state index contributed by atoms with van der Waals surface area (Å²) in [5.74, 6) is 1.01. The number of thioether (sulfide) groups is 1. The summed E-state index contributed by atoms with van der Waals surface area (Å²) in [6.07, 6.45) is 0. The molecule has 2 aromatic rings. The highest BCUT2D eigenvalue weighted by Crippen LogP contribution is 2.34. The molecule has 0 atom stereocenters. The zero-order chi connectivity index (χ0) is 15.7.